The first-order chi connectivity index (χ1) is 7.89. The van der Waals surface area contributed by atoms with Crippen LogP contribution < -0.4 is 0 Å². The van der Waals surface area contributed by atoms with Crippen LogP contribution in [-0.2, 0) is 9.84 Å². The minimum atomic E-state index is -2.81. The van der Waals surface area contributed by atoms with Gasteiger partial charge in [-0.25, -0.2) is 13.4 Å². The zero-order valence-electron chi connectivity index (χ0n) is 10.2. The average Bonchev–Trinajstić information content (AvgIpc) is 2.70. The number of nitrogens with zero attached hydrogens (tertiary/aromatic N) is 1. The molecular weight excluding hydrogens is 254 g/mol. The number of aliphatic imine (C=N–C) groups is 1. The molecule has 0 aromatic carbocycles. The van der Waals surface area contributed by atoms with Gasteiger partial charge >= 0.3 is 0 Å². The quantitative estimate of drug-likeness (QED) is 0.552. The van der Waals surface area contributed by atoms with Gasteiger partial charge in [-0.1, -0.05) is 0 Å². The third-order valence-electron chi connectivity index (χ3n) is 4.51. The summed E-state index contributed by atoms with van der Waals surface area (Å²) in [6, 6.07) is 0. The number of isothiocyanates is 1. The van der Waals surface area contributed by atoms with E-state index in [0.717, 1.165) is 19.4 Å². The van der Waals surface area contributed by atoms with Crippen LogP contribution in [0.1, 0.15) is 38.5 Å². The Morgan fingerprint density at radius 1 is 1.24 bits per heavy atom. The fraction of sp³-hybridized carbons (Fsp3) is 0.917. The van der Waals surface area contributed by atoms with E-state index in [1.165, 1.54) is 31.9 Å². The molecule has 0 aromatic rings. The number of rotatable bonds is 6. The molecule has 3 nitrogen and oxygen atoms in total. The normalized spacial score (nSPS) is 35.1. The summed E-state index contributed by atoms with van der Waals surface area (Å²) in [7, 11) is -2.81. The van der Waals surface area contributed by atoms with Gasteiger partial charge in [0.25, 0.3) is 0 Å². The van der Waals surface area contributed by atoms with Gasteiger partial charge in [0.2, 0.25) is 0 Å². The predicted octanol–water partition coefficient (Wildman–Crippen LogP) is 2.47. The van der Waals surface area contributed by atoms with Crippen LogP contribution in [0.3, 0.4) is 0 Å². The van der Waals surface area contributed by atoms with Crippen molar-refractivity contribution in [2.45, 2.75) is 38.5 Å². The highest BCUT2D eigenvalue weighted by atomic mass is 32.2. The van der Waals surface area contributed by atoms with Gasteiger partial charge in [0.05, 0.1) is 10.9 Å². The Labute approximate surface area is 109 Å². The van der Waals surface area contributed by atoms with Gasteiger partial charge in [-0.15, -0.1) is 0 Å². The van der Waals surface area contributed by atoms with Crippen LogP contribution in [0, 0.1) is 10.8 Å². The van der Waals surface area contributed by atoms with E-state index in [1.54, 1.807) is 0 Å². The summed E-state index contributed by atoms with van der Waals surface area (Å²) in [4.78, 5) is 3.98. The summed E-state index contributed by atoms with van der Waals surface area (Å²) in [5, 5.41) is 2.41. The highest BCUT2D eigenvalue weighted by Gasteiger charge is 2.59. The van der Waals surface area contributed by atoms with Crippen molar-refractivity contribution in [3.63, 3.8) is 0 Å². The summed E-state index contributed by atoms with van der Waals surface area (Å²) in [6.45, 7) is 0.783. The highest BCUT2D eigenvalue weighted by molar-refractivity contribution is 7.90. The van der Waals surface area contributed by atoms with Crippen molar-refractivity contribution >= 4 is 27.2 Å². The molecule has 0 aromatic heterocycles. The Hall–Kier alpha value is -0.250. The van der Waals surface area contributed by atoms with Crippen molar-refractivity contribution < 1.29 is 8.42 Å². The molecule has 0 amide bonds. The first-order valence-electron chi connectivity index (χ1n) is 6.10. The van der Waals surface area contributed by atoms with Gasteiger partial charge in [-0.05, 0) is 61.6 Å². The molecule has 2 bridgehead atoms. The fourth-order valence-corrected chi connectivity index (χ4v) is 4.66. The van der Waals surface area contributed by atoms with Gasteiger partial charge in [0, 0.05) is 12.8 Å². The second-order valence-corrected chi connectivity index (χ2v) is 8.40. The van der Waals surface area contributed by atoms with Gasteiger partial charge < -0.3 is 0 Å². The minimum absolute atomic E-state index is 0.338. The first kappa shape index (κ1) is 13.2. The molecule has 3 saturated carbocycles. The largest absolute Gasteiger partial charge is 0.233 e. The monoisotopic (exact) mass is 273 g/mol. The molecule has 3 aliphatic rings. The van der Waals surface area contributed by atoms with E-state index >= 15 is 0 Å². The lowest BCUT2D eigenvalue weighted by Gasteiger charge is -2.47. The van der Waals surface area contributed by atoms with Gasteiger partial charge in [-0.2, -0.15) is 0 Å². The van der Waals surface area contributed by atoms with E-state index in [0.29, 0.717) is 16.6 Å². The lowest BCUT2D eigenvalue weighted by Crippen LogP contribution is -2.39. The lowest BCUT2D eigenvalue weighted by molar-refractivity contribution is 0.0373. The van der Waals surface area contributed by atoms with Crippen LogP contribution in [-0.4, -0.2) is 32.1 Å². The maximum absolute atomic E-state index is 11.2. The lowest BCUT2D eigenvalue weighted by atomic mass is 9.58. The standard InChI is InChI=1S/C12H19NO2S2/c1-17(14,15)7-5-12-3-2-11(8-12,9-12)4-6-13-10-16/h2-9H2,1H3. The topological polar surface area (TPSA) is 46.5 Å². The van der Waals surface area contributed by atoms with E-state index in [1.807, 2.05) is 0 Å². The van der Waals surface area contributed by atoms with Crippen LogP contribution in [0.4, 0.5) is 0 Å². The molecule has 0 N–H and O–H groups in total. The maximum atomic E-state index is 11.2. The Kier molecular flexibility index (Phi) is 3.45. The molecule has 0 spiro atoms. The molecule has 0 aliphatic heterocycles. The first-order valence-corrected chi connectivity index (χ1v) is 8.57. The highest BCUT2D eigenvalue weighted by Crippen LogP contribution is 2.69. The second-order valence-electron chi connectivity index (χ2n) is 5.96. The smallest absolute Gasteiger partial charge is 0.147 e. The molecule has 0 radical (unpaired) electrons. The third kappa shape index (κ3) is 2.95. The van der Waals surface area contributed by atoms with Crippen molar-refractivity contribution in [2.24, 2.45) is 15.8 Å². The Bertz CT molecular complexity index is 443. The Morgan fingerprint density at radius 2 is 1.82 bits per heavy atom. The van der Waals surface area contributed by atoms with E-state index in [4.69, 9.17) is 0 Å². The van der Waals surface area contributed by atoms with Crippen LogP contribution in [0.2, 0.25) is 0 Å². The average molecular weight is 273 g/mol. The van der Waals surface area contributed by atoms with E-state index < -0.39 is 9.84 Å². The molecule has 0 heterocycles. The molecule has 17 heavy (non-hydrogen) atoms. The number of sulfone groups is 1. The van der Waals surface area contributed by atoms with Crippen molar-refractivity contribution in [3.8, 4) is 0 Å². The van der Waals surface area contributed by atoms with Crippen molar-refractivity contribution in [1.29, 1.82) is 0 Å². The third-order valence-corrected chi connectivity index (χ3v) is 5.58. The summed E-state index contributed by atoms with van der Waals surface area (Å²) < 4.78 is 22.4. The van der Waals surface area contributed by atoms with Gasteiger partial charge in [0.1, 0.15) is 9.84 Å². The van der Waals surface area contributed by atoms with Gasteiger partial charge in [-0.3, -0.25) is 0 Å². The molecule has 3 fully saturated rings. The summed E-state index contributed by atoms with van der Waals surface area (Å²) in [5.74, 6) is 0.348. The summed E-state index contributed by atoms with van der Waals surface area (Å²) in [6.07, 6.45) is 8.11. The predicted molar refractivity (Wildman–Crippen MR) is 72.2 cm³/mol. The van der Waals surface area contributed by atoms with Gasteiger partial charge in [0.15, 0.2) is 0 Å². The van der Waals surface area contributed by atoms with Crippen molar-refractivity contribution in [3.05, 3.63) is 0 Å². The van der Waals surface area contributed by atoms with Crippen LogP contribution in [0.15, 0.2) is 4.99 Å². The fourth-order valence-electron chi connectivity index (χ4n) is 3.77. The molecule has 96 valence electrons. The molecule has 0 saturated heterocycles. The molecular formula is C12H19NO2S2. The number of fused-ring (bicyclic) bond motifs is 1. The maximum Gasteiger partial charge on any atom is 0.147 e. The van der Waals surface area contributed by atoms with Crippen molar-refractivity contribution in [2.75, 3.05) is 18.6 Å². The van der Waals surface area contributed by atoms with Crippen LogP contribution >= 0.6 is 12.2 Å². The van der Waals surface area contributed by atoms with E-state index in [9.17, 15) is 8.42 Å². The second kappa shape index (κ2) is 4.45. The molecule has 0 atom stereocenters. The molecule has 5 heteroatoms. The van der Waals surface area contributed by atoms with E-state index in [2.05, 4.69) is 22.4 Å². The zero-order chi connectivity index (χ0) is 12.6. The summed E-state index contributed by atoms with van der Waals surface area (Å²) in [5.41, 5.74) is 0.789. The Morgan fingerprint density at radius 3 is 2.35 bits per heavy atom. The zero-order valence-corrected chi connectivity index (χ0v) is 11.9. The van der Waals surface area contributed by atoms with Crippen LogP contribution in [0.25, 0.3) is 0 Å². The molecule has 0 unspecified atom stereocenters. The Balaban J connectivity index is 1.84. The number of thiocarbonyl (C=S) groups is 1. The minimum Gasteiger partial charge on any atom is -0.233 e. The molecule has 3 aliphatic carbocycles. The summed E-state index contributed by atoms with van der Waals surface area (Å²) >= 11 is 4.56. The van der Waals surface area contributed by atoms with Crippen LogP contribution in [0.5, 0.6) is 0 Å². The van der Waals surface area contributed by atoms with Crippen molar-refractivity contribution in [1.82, 2.24) is 0 Å². The number of hydrogen-bond acceptors (Lipinski definition) is 4. The SMILES string of the molecule is CS(=O)(=O)CCC12CCC(CCN=C=S)(C1)C2. The molecule has 3 rings (SSSR count). The number of hydrogen-bond donors (Lipinski definition) is 0. The van der Waals surface area contributed by atoms with E-state index in [-0.39, 0.29) is 0 Å².